The molecule has 0 saturated carbocycles. The van der Waals surface area contributed by atoms with Crippen LogP contribution in [0, 0.1) is 22.7 Å². The number of benzene rings is 2. The van der Waals surface area contributed by atoms with E-state index in [1.165, 1.54) is 12.1 Å². The summed E-state index contributed by atoms with van der Waals surface area (Å²) >= 11 is 6.35. The molecule has 0 atom stereocenters. The van der Waals surface area contributed by atoms with E-state index in [4.69, 9.17) is 20.7 Å². The van der Waals surface area contributed by atoms with Gasteiger partial charge in [0.05, 0.1) is 11.1 Å². The highest BCUT2D eigenvalue weighted by atomic mass is 79.9. The Labute approximate surface area is 132 Å². The molecule has 0 radical (unpaired) electrons. The molecule has 0 unspecified atom stereocenters. The van der Waals surface area contributed by atoms with Gasteiger partial charge in [-0.3, -0.25) is 0 Å². The van der Waals surface area contributed by atoms with Crippen LogP contribution < -0.4 is 0 Å². The van der Waals surface area contributed by atoms with Crippen molar-refractivity contribution in [2.45, 2.75) is 0 Å². The van der Waals surface area contributed by atoms with Crippen molar-refractivity contribution < 1.29 is 10.2 Å². The average molecular weight is 396 g/mol. The number of aromatic hydroxyl groups is 2. The normalized spacial score (nSPS) is 8.80. The molecule has 0 spiro atoms. The molecule has 2 rings (SSSR count). The Hall–Kier alpha value is -2.02. The van der Waals surface area contributed by atoms with E-state index in [2.05, 4.69) is 31.9 Å². The summed E-state index contributed by atoms with van der Waals surface area (Å²) in [5.41, 5.74) is 0.573. The molecule has 100 valence electrons. The van der Waals surface area contributed by atoms with E-state index in [-0.39, 0.29) is 22.6 Å². The maximum atomic E-state index is 8.99. The minimum absolute atomic E-state index is 0.0192. The summed E-state index contributed by atoms with van der Waals surface area (Å²) in [7, 11) is 0. The monoisotopic (exact) mass is 394 g/mol. The van der Waals surface area contributed by atoms with Crippen molar-refractivity contribution in [3.63, 3.8) is 0 Å². The molecule has 4 nitrogen and oxygen atoms in total. The van der Waals surface area contributed by atoms with Crippen molar-refractivity contribution in [1.29, 1.82) is 10.5 Å². The van der Waals surface area contributed by atoms with E-state index < -0.39 is 0 Å². The van der Waals surface area contributed by atoms with Gasteiger partial charge in [0.15, 0.2) is 0 Å². The first-order chi connectivity index (χ1) is 9.47. The van der Waals surface area contributed by atoms with Crippen molar-refractivity contribution >= 4 is 31.9 Å². The minimum atomic E-state index is 0.0192. The SMILES string of the molecule is N#Cc1cc(Br)ccc1O.N#Cc1cc(Br)ccc1O. The van der Waals surface area contributed by atoms with E-state index in [9.17, 15) is 0 Å². The first-order valence-electron chi connectivity index (χ1n) is 5.25. The first kappa shape index (κ1) is 16.0. The summed E-state index contributed by atoms with van der Waals surface area (Å²) in [6.07, 6.45) is 0. The molecule has 0 heterocycles. The molecule has 20 heavy (non-hydrogen) atoms. The van der Waals surface area contributed by atoms with Gasteiger partial charge in [-0.15, -0.1) is 0 Å². The third-order valence-electron chi connectivity index (χ3n) is 2.16. The Morgan fingerprint density at radius 1 is 0.750 bits per heavy atom. The largest absolute Gasteiger partial charge is 0.507 e. The lowest BCUT2D eigenvalue weighted by Crippen LogP contribution is -1.74. The smallest absolute Gasteiger partial charge is 0.133 e. The predicted octanol–water partition coefficient (Wildman–Crippen LogP) is 4.05. The van der Waals surface area contributed by atoms with Gasteiger partial charge in [0.2, 0.25) is 0 Å². The van der Waals surface area contributed by atoms with Gasteiger partial charge in [0.25, 0.3) is 0 Å². The Morgan fingerprint density at radius 2 is 1.10 bits per heavy atom. The molecule has 0 fully saturated rings. The number of nitrogens with zero attached hydrogens (tertiary/aromatic N) is 2. The summed E-state index contributed by atoms with van der Waals surface area (Å²) in [4.78, 5) is 0. The van der Waals surface area contributed by atoms with Crippen LogP contribution in [0.3, 0.4) is 0 Å². The Balaban J connectivity index is 0.000000200. The highest BCUT2D eigenvalue weighted by molar-refractivity contribution is 9.10. The molecule has 0 aliphatic rings. The average Bonchev–Trinajstić information content (AvgIpc) is 2.44. The Morgan fingerprint density at radius 3 is 1.35 bits per heavy atom. The fourth-order valence-electron chi connectivity index (χ4n) is 1.20. The lowest BCUT2D eigenvalue weighted by molar-refractivity contribution is 0.473. The second-order valence-corrected chi connectivity index (χ2v) is 5.38. The Bertz CT molecular complexity index is 642. The maximum Gasteiger partial charge on any atom is 0.133 e. The standard InChI is InChI=1S/2C7H4BrNO/c2*8-6-1-2-7(10)5(3-6)4-9/h2*1-3,10H. The van der Waals surface area contributed by atoms with Crippen molar-refractivity contribution in [3.05, 3.63) is 56.5 Å². The molecule has 0 aromatic heterocycles. The molecule has 0 aliphatic heterocycles. The van der Waals surface area contributed by atoms with Crippen LogP contribution in [0.2, 0.25) is 0 Å². The molecule has 2 aromatic rings. The minimum Gasteiger partial charge on any atom is -0.507 e. The summed E-state index contributed by atoms with van der Waals surface area (Å²) < 4.78 is 1.59. The number of phenols is 2. The molecular weight excluding hydrogens is 388 g/mol. The summed E-state index contributed by atoms with van der Waals surface area (Å²) in [6.45, 7) is 0. The molecule has 0 amide bonds. The highest BCUT2D eigenvalue weighted by Crippen LogP contribution is 2.21. The second-order valence-electron chi connectivity index (χ2n) is 3.55. The van der Waals surface area contributed by atoms with Crippen LogP contribution in [0.25, 0.3) is 0 Å². The fraction of sp³-hybridized carbons (Fsp3) is 0. The van der Waals surface area contributed by atoms with E-state index >= 15 is 0 Å². The molecular formula is C14H8Br2N2O2. The van der Waals surface area contributed by atoms with Crippen molar-refractivity contribution in [2.24, 2.45) is 0 Å². The lowest BCUT2D eigenvalue weighted by atomic mass is 10.2. The first-order valence-corrected chi connectivity index (χ1v) is 6.83. The summed E-state index contributed by atoms with van der Waals surface area (Å²) in [5.74, 6) is 0.0383. The number of phenolic OH excluding ortho intramolecular Hbond substituents is 2. The number of halogens is 2. The number of nitriles is 2. The second kappa shape index (κ2) is 7.54. The van der Waals surface area contributed by atoms with Gasteiger partial charge in [-0.2, -0.15) is 10.5 Å². The van der Waals surface area contributed by atoms with Gasteiger partial charge in [0.1, 0.15) is 23.6 Å². The zero-order valence-electron chi connectivity index (χ0n) is 10.0. The van der Waals surface area contributed by atoms with Crippen LogP contribution in [0.5, 0.6) is 11.5 Å². The molecule has 0 bridgehead atoms. The lowest BCUT2D eigenvalue weighted by Gasteiger charge is -1.93. The molecule has 6 heteroatoms. The molecule has 2 aromatic carbocycles. The van der Waals surface area contributed by atoms with Crippen LogP contribution in [0.15, 0.2) is 45.3 Å². The summed E-state index contributed by atoms with van der Waals surface area (Å²) in [6, 6.07) is 13.1. The quantitative estimate of drug-likeness (QED) is 0.704. The number of rotatable bonds is 0. The van der Waals surface area contributed by atoms with Crippen LogP contribution in [-0.4, -0.2) is 10.2 Å². The van der Waals surface area contributed by atoms with Crippen molar-refractivity contribution in [2.75, 3.05) is 0 Å². The van der Waals surface area contributed by atoms with Gasteiger partial charge in [0, 0.05) is 8.95 Å². The molecule has 2 N–H and O–H groups in total. The maximum absolute atomic E-state index is 8.99. The van der Waals surface area contributed by atoms with E-state index in [0.29, 0.717) is 0 Å². The summed E-state index contributed by atoms with van der Waals surface area (Å²) in [5, 5.41) is 34.8. The van der Waals surface area contributed by atoms with Gasteiger partial charge < -0.3 is 10.2 Å². The van der Waals surface area contributed by atoms with Crippen molar-refractivity contribution in [3.8, 4) is 23.6 Å². The van der Waals surface area contributed by atoms with Gasteiger partial charge >= 0.3 is 0 Å². The number of hydrogen-bond acceptors (Lipinski definition) is 4. The Kier molecular flexibility index (Phi) is 6.05. The van der Waals surface area contributed by atoms with Crippen molar-refractivity contribution in [1.82, 2.24) is 0 Å². The van der Waals surface area contributed by atoms with Crippen LogP contribution in [0.4, 0.5) is 0 Å². The van der Waals surface area contributed by atoms with Gasteiger partial charge in [-0.05, 0) is 36.4 Å². The number of hydrogen-bond donors (Lipinski definition) is 2. The third kappa shape index (κ3) is 4.58. The van der Waals surface area contributed by atoms with E-state index in [1.807, 2.05) is 12.1 Å². The molecule has 0 saturated heterocycles. The van der Waals surface area contributed by atoms with Crippen LogP contribution >= 0.6 is 31.9 Å². The fourth-order valence-corrected chi connectivity index (χ4v) is 1.92. The van der Waals surface area contributed by atoms with Crippen LogP contribution in [-0.2, 0) is 0 Å². The highest BCUT2D eigenvalue weighted by Gasteiger charge is 1.98. The van der Waals surface area contributed by atoms with E-state index in [1.54, 1.807) is 24.3 Å². The van der Waals surface area contributed by atoms with Crippen LogP contribution in [0.1, 0.15) is 11.1 Å². The molecule has 0 aliphatic carbocycles. The van der Waals surface area contributed by atoms with E-state index in [0.717, 1.165) is 8.95 Å². The zero-order valence-corrected chi connectivity index (χ0v) is 13.2. The van der Waals surface area contributed by atoms with Gasteiger partial charge in [-0.25, -0.2) is 0 Å². The third-order valence-corrected chi connectivity index (χ3v) is 3.14. The van der Waals surface area contributed by atoms with Gasteiger partial charge in [-0.1, -0.05) is 31.9 Å². The predicted molar refractivity (Wildman–Crippen MR) is 81.0 cm³/mol. The zero-order chi connectivity index (χ0) is 15.1. The topological polar surface area (TPSA) is 88.0 Å².